The molecule has 0 aliphatic heterocycles. The minimum Gasteiger partial charge on any atom is -0.506 e. The van der Waals surface area contributed by atoms with E-state index in [4.69, 9.17) is 0 Å². The molecule has 0 aliphatic carbocycles. The van der Waals surface area contributed by atoms with Gasteiger partial charge in [0.05, 0.1) is 16.3 Å². The lowest BCUT2D eigenvalue weighted by Gasteiger charge is -2.07. The van der Waals surface area contributed by atoms with Crippen LogP contribution in [0.5, 0.6) is 5.75 Å². The molecule has 0 bridgehead atoms. The van der Waals surface area contributed by atoms with Gasteiger partial charge in [0.15, 0.2) is 0 Å². The molecule has 0 unspecified atom stereocenters. The quantitative estimate of drug-likeness (QED) is 0.243. The standard InChI is InChI=1S/C19H15I2N3O2/c20-15-7-14(19(26)17(21)9-15)10-23-24-18(25)11-22-16-6-5-12-3-1-2-4-13(12)8-16/h1-10,22,26H,11H2,(H,24,25). The number of carbonyl (C=O) groups excluding carboxylic acids is 1. The van der Waals surface area contributed by atoms with Crippen molar-refractivity contribution in [3.63, 3.8) is 0 Å². The van der Waals surface area contributed by atoms with E-state index in [9.17, 15) is 9.90 Å². The van der Waals surface area contributed by atoms with Crippen LogP contribution >= 0.6 is 45.2 Å². The third kappa shape index (κ3) is 4.85. The minimum atomic E-state index is -0.269. The molecule has 26 heavy (non-hydrogen) atoms. The number of amides is 1. The second-order valence-electron chi connectivity index (χ2n) is 5.53. The zero-order chi connectivity index (χ0) is 18.5. The first-order valence-electron chi connectivity index (χ1n) is 7.75. The Morgan fingerprint density at radius 3 is 2.65 bits per heavy atom. The van der Waals surface area contributed by atoms with Crippen molar-refractivity contribution in [1.29, 1.82) is 0 Å². The summed E-state index contributed by atoms with van der Waals surface area (Å²) in [5.41, 5.74) is 3.88. The summed E-state index contributed by atoms with van der Waals surface area (Å²) in [4.78, 5) is 11.9. The molecule has 0 aromatic heterocycles. The van der Waals surface area contributed by atoms with Gasteiger partial charge in [-0.25, -0.2) is 5.43 Å². The van der Waals surface area contributed by atoms with Gasteiger partial charge in [-0.2, -0.15) is 5.10 Å². The van der Waals surface area contributed by atoms with E-state index < -0.39 is 0 Å². The van der Waals surface area contributed by atoms with E-state index in [1.54, 1.807) is 6.07 Å². The van der Waals surface area contributed by atoms with E-state index >= 15 is 0 Å². The number of benzene rings is 3. The highest BCUT2D eigenvalue weighted by Crippen LogP contribution is 2.25. The topological polar surface area (TPSA) is 73.7 Å². The van der Waals surface area contributed by atoms with Gasteiger partial charge in [0.25, 0.3) is 5.91 Å². The zero-order valence-electron chi connectivity index (χ0n) is 13.5. The fourth-order valence-corrected chi connectivity index (χ4v) is 4.27. The molecular weight excluding hydrogens is 556 g/mol. The molecule has 3 aromatic carbocycles. The Morgan fingerprint density at radius 1 is 1.08 bits per heavy atom. The molecule has 0 atom stereocenters. The number of carbonyl (C=O) groups is 1. The van der Waals surface area contributed by atoms with Gasteiger partial charge in [-0.3, -0.25) is 4.79 Å². The van der Waals surface area contributed by atoms with Crippen LogP contribution in [0.3, 0.4) is 0 Å². The van der Waals surface area contributed by atoms with Crippen molar-refractivity contribution in [3.8, 4) is 5.75 Å². The number of phenolic OH excluding ortho intramolecular Hbond substituents is 1. The Hall–Kier alpha value is -1.88. The summed E-state index contributed by atoms with van der Waals surface area (Å²) >= 11 is 4.22. The summed E-state index contributed by atoms with van der Waals surface area (Å²) in [6, 6.07) is 17.6. The maximum atomic E-state index is 11.9. The lowest BCUT2D eigenvalue weighted by molar-refractivity contribution is -0.119. The smallest absolute Gasteiger partial charge is 0.259 e. The van der Waals surface area contributed by atoms with E-state index in [2.05, 4.69) is 61.0 Å². The fraction of sp³-hybridized carbons (Fsp3) is 0.0526. The summed E-state index contributed by atoms with van der Waals surface area (Å²) in [6.45, 7) is 0.103. The molecule has 3 N–H and O–H groups in total. The van der Waals surface area contributed by atoms with Crippen LogP contribution in [0.15, 0.2) is 59.7 Å². The van der Waals surface area contributed by atoms with Crippen LogP contribution in [-0.2, 0) is 4.79 Å². The number of hydrogen-bond donors (Lipinski definition) is 3. The van der Waals surface area contributed by atoms with Gasteiger partial charge in [0.2, 0.25) is 0 Å². The number of phenols is 1. The predicted octanol–water partition coefficient (Wildman–Crippen LogP) is 4.32. The highest BCUT2D eigenvalue weighted by molar-refractivity contribution is 14.1. The molecule has 0 radical (unpaired) electrons. The van der Waals surface area contributed by atoms with Crippen LogP contribution in [0.4, 0.5) is 5.69 Å². The van der Waals surface area contributed by atoms with Crippen LogP contribution in [0.25, 0.3) is 10.8 Å². The monoisotopic (exact) mass is 571 g/mol. The lowest BCUT2D eigenvalue weighted by Crippen LogP contribution is -2.25. The summed E-state index contributed by atoms with van der Waals surface area (Å²) in [7, 11) is 0. The Morgan fingerprint density at radius 2 is 1.85 bits per heavy atom. The van der Waals surface area contributed by atoms with Crippen LogP contribution in [0, 0.1) is 7.14 Å². The molecule has 1 amide bonds. The van der Waals surface area contributed by atoms with Crippen molar-refractivity contribution in [1.82, 2.24) is 5.43 Å². The number of anilines is 1. The number of rotatable bonds is 5. The predicted molar refractivity (Wildman–Crippen MR) is 122 cm³/mol. The van der Waals surface area contributed by atoms with Gasteiger partial charge >= 0.3 is 0 Å². The third-order valence-corrected chi connectivity index (χ3v) is 5.10. The molecule has 3 rings (SSSR count). The molecule has 0 saturated carbocycles. The molecule has 3 aromatic rings. The van der Waals surface area contributed by atoms with Gasteiger partial charge in [-0.05, 0) is 80.2 Å². The molecule has 5 nitrogen and oxygen atoms in total. The van der Waals surface area contributed by atoms with E-state index in [0.717, 1.165) is 23.6 Å². The van der Waals surface area contributed by atoms with Gasteiger partial charge in [-0.1, -0.05) is 30.3 Å². The lowest BCUT2D eigenvalue weighted by atomic mass is 10.1. The second-order valence-corrected chi connectivity index (χ2v) is 7.94. The number of nitrogens with one attached hydrogen (secondary N) is 2. The van der Waals surface area contributed by atoms with Gasteiger partial charge in [-0.15, -0.1) is 0 Å². The van der Waals surface area contributed by atoms with Crippen molar-refractivity contribution in [2.75, 3.05) is 11.9 Å². The molecule has 0 saturated heterocycles. The number of nitrogens with zero attached hydrogens (tertiary/aromatic N) is 1. The molecule has 7 heteroatoms. The van der Waals surface area contributed by atoms with Crippen LogP contribution in [-0.4, -0.2) is 23.8 Å². The average Bonchev–Trinajstić information content (AvgIpc) is 2.63. The first-order chi connectivity index (χ1) is 12.5. The largest absolute Gasteiger partial charge is 0.506 e. The Bertz CT molecular complexity index is 990. The molecule has 0 heterocycles. The minimum absolute atomic E-state index is 0.103. The van der Waals surface area contributed by atoms with Crippen LogP contribution in [0.1, 0.15) is 5.56 Å². The normalized spacial score (nSPS) is 11.0. The average molecular weight is 571 g/mol. The molecule has 0 aliphatic rings. The maximum absolute atomic E-state index is 11.9. The second kappa shape index (κ2) is 8.67. The van der Waals surface area contributed by atoms with Gasteiger partial charge in [0, 0.05) is 14.8 Å². The van der Waals surface area contributed by atoms with E-state index in [-0.39, 0.29) is 18.2 Å². The van der Waals surface area contributed by atoms with Crippen molar-refractivity contribution in [2.45, 2.75) is 0 Å². The molecule has 0 spiro atoms. The van der Waals surface area contributed by atoms with Crippen molar-refractivity contribution >= 4 is 73.8 Å². The van der Waals surface area contributed by atoms with Gasteiger partial charge in [0.1, 0.15) is 5.75 Å². The van der Waals surface area contributed by atoms with E-state index in [1.807, 2.05) is 48.5 Å². The molecule has 0 fully saturated rings. The Labute approximate surface area is 178 Å². The summed E-state index contributed by atoms with van der Waals surface area (Å²) in [6.07, 6.45) is 1.44. The fourth-order valence-electron chi connectivity index (χ4n) is 2.38. The number of halogens is 2. The van der Waals surface area contributed by atoms with Crippen molar-refractivity contribution < 1.29 is 9.90 Å². The van der Waals surface area contributed by atoms with E-state index in [0.29, 0.717) is 5.56 Å². The Balaban J connectivity index is 1.57. The first kappa shape index (κ1) is 18.9. The van der Waals surface area contributed by atoms with E-state index in [1.165, 1.54) is 6.21 Å². The number of aromatic hydroxyl groups is 1. The van der Waals surface area contributed by atoms with Crippen LogP contribution in [0.2, 0.25) is 0 Å². The number of hydrazone groups is 1. The van der Waals surface area contributed by atoms with Crippen molar-refractivity contribution in [3.05, 3.63) is 67.3 Å². The SMILES string of the molecule is O=C(CNc1ccc2ccccc2c1)NN=Cc1cc(I)cc(I)c1O. The summed E-state index contributed by atoms with van der Waals surface area (Å²) in [5, 5.41) is 19.3. The maximum Gasteiger partial charge on any atom is 0.259 e. The Kier molecular flexibility index (Phi) is 6.30. The zero-order valence-corrected chi connectivity index (χ0v) is 17.9. The first-order valence-corrected chi connectivity index (χ1v) is 9.91. The highest BCUT2D eigenvalue weighted by Gasteiger charge is 2.06. The third-order valence-electron chi connectivity index (χ3n) is 3.65. The molecular formula is C19H15I2N3O2. The number of hydrogen-bond acceptors (Lipinski definition) is 4. The summed E-state index contributed by atoms with van der Waals surface area (Å²) in [5.74, 6) is -0.118. The van der Waals surface area contributed by atoms with Crippen LogP contribution < -0.4 is 10.7 Å². The summed E-state index contributed by atoms with van der Waals surface area (Å²) < 4.78 is 1.72. The van der Waals surface area contributed by atoms with Crippen molar-refractivity contribution in [2.24, 2.45) is 5.10 Å². The number of fused-ring (bicyclic) bond motifs is 1. The van der Waals surface area contributed by atoms with Gasteiger partial charge < -0.3 is 10.4 Å². The highest BCUT2D eigenvalue weighted by atomic mass is 127. The molecule has 132 valence electrons.